The first-order valence-corrected chi connectivity index (χ1v) is 9.93. The van der Waals surface area contributed by atoms with E-state index in [4.69, 9.17) is 0 Å². The zero-order chi connectivity index (χ0) is 13.7. The summed E-state index contributed by atoms with van der Waals surface area (Å²) in [5, 5.41) is 0. The summed E-state index contributed by atoms with van der Waals surface area (Å²) in [4.78, 5) is 0. The van der Waals surface area contributed by atoms with Crippen LogP contribution in [0.4, 0.5) is 0 Å². The van der Waals surface area contributed by atoms with Gasteiger partial charge >= 0.3 is 141 Å². The molecule has 2 heteroatoms. The predicted molar refractivity (Wildman–Crippen MR) is 86.3 cm³/mol. The summed E-state index contributed by atoms with van der Waals surface area (Å²) in [6.07, 6.45) is 2.55. The van der Waals surface area contributed by atoms with Gasteiger partial charge in [0.2, 0.25) is 0 Å². The zero-order valence-electron chi connectivity index (χ0n) is 11.4. The fourth-order valence-corrected chi connectivity index (χ4v) is 4.59. The standard InChI is InChI=1S/C17H19I2/c1-3-4-13(2)14-5-9-16(10-6-14)19-17-11-7-15(18)8-12-17/h5-13H,3-4H2,1-2H3/q-1. The molecule has 0 bridgehead atoms. The van der Waals surface area contributed by atoms with E-state index < -0.39 is 0 Å². The van der Waals surface area contributed by atoms with E-state index in [1.165, 1.54) is 29.1 Å². The molecule has 0 aliphatic heterocycles. The van der Waals surface area contributed by atoms with Gasteiger partial charge in [-0.25, -0.2) is 0 Å². The van der Waals surface area contributed by atoms with E-state index in [2.05, 4.69) is 85.0 Å². The number of benzene rings is 2. The van der Waals surface area contributed by atoms with Crippen LogP contribution in [0.25, 0.3) is 0 Å². The molecule has 102 valence electrons. The third-order valence-corrected chi connectivity index (χ3v) is 6.59. The minimum absolute atomic E-state index is 0.0283. The van der Waals surface area contributed by atoms with E-state index in [0.29, 0.717) is 5.92 Å². The van der Waals surface area contributed by atoms with Crippen molar-refractivity contribution in [2.75, 3.05) is 0 Å². The molecule has 1 unspecified atom stereocenters. The van der Waals surface area contributed by atoms with Crippen LogP contribution in [0.3, 0.4) is 0 Å². The molecular weight excluding hydrogens is 458 g/mol. The van der Waals surface area contributed by atoms with Gasteiger partial charge in [0.15, 0.2) is 0 Å². The first kappa shape index (κ1) is 15.3. The molecule has 19 heavy (non-hydrogen) atoms. The van der Waals surface area contributed by atoms with E-state index in [-0.39, 0.29) is 21.2 Å². The first-order valence-electron chi connectivity index (χ1n) is 6.69. The van der Waals surface area contributed by atoms with Gasteiger partial charge in [0.05, 0.1) is 0 Å². The molecule has 0 saturated carbocycles. The van der Waals surface area contributed by atoms with E-state index in [0.717, 1.165) is 0 Å². The summed E-state index contributed by atoms with van der Waals surface area (Å²) in [5.41, 5.74) is 1.48. The average Bonchev–Trinajstić information content (AvgIpc) is 2.42. The molecule has 0 aliphatic rings. The first-order chi connectivity index (χ1) is 9.19. The van der Waals surface area contributed by atoms with Gasteiger partial charge in [0, 0.05) is 0 Å². The van der Waals surface area contributed by atoms with Crippen LogP contribution in [-0.4, -0.2) is 0 Å². The Morgan fingerprint density at radius 1 is 0.947 bits per heavy atom. The van der Waals surface area contributed by atoms with Crippen molar-refractivity contribution in [1.29, 1.82) is 0 Å². The Hall–Kier alpha value is -0.100. The Bertz CT molecular complexity index is 500. The van der Waals surface area contributed by atoms with Crippen LogP contribution in [0.5, 0.6) is 0 Å². The number of halogens is 2. The van der Waals surface area contributed by atoms with Crippen molar-refractivity contribution in [3.63, 3.8) is 0 Å². The second-order valence-corrected chi connectivity index (χ2v) is 9.05. The van der Waals surface area contributed by atoms with Crippen molar-refractivity contribution in [3.05, 3.63) is 64.8 Å². The van der Waals surface area contributed by atoms with Crippen molar-refractivity contribution < 1.29 is 21.2 Å². The van der Waals surface area contributed by atoms with Crippen LogP contribution < -0.4 is 21.2 Å². The summed E-state index contributed by atoms with van der Waals surface area (Å²) in [6, 6.07) is 18.2. The zero-order valence-corrected chi connectivity index (χ0v) is 15.7. The van der Waals surface area contributed by atoms with E-state index in [9.17, 15) is 0 Å². The molecular formula is C17H19I2-. The predicted octanol–water partition coefficient (Wildman–Crippen LogP) is 2.32. The topological polar surface area (TPSA) is 0 Å². The molecule has 1 atom stereocenters. The van der Waals surface area contributed by atoms with E-state index in [1.54, 1.807) is 0 Å². The molecule has 0 aromatic heterocycles. The van der Waals surface area contributed by atoms with Gasteiger partial charge in [-0.2, -0.15) is 0 Å². The molecule has 2 rings (SSSR count). The van der Waals surface area contributed by atoms with E-state index >= 15 is 0 Å². The molecule has 0 radical (unpaired) electrons. The summed E-state index contributed by atoms with van der Waals surface area (Å²) < 4.78 is 4.31. The fourth-order valence-electron chi connectivity index (χ4n) is 2.07. The Labute approximate surface area is 140 Å². The number of rotatable bonds is 5. The second-order valence-electron chi connectivity index (χ2n) is 4.77. The molecule has 0 fully saturated rings. The normalized spacial score (nSPS) is 12.6. The molecule has 2 aromatic carbocycles. The van der Waals surface area contributed by atoms with Crippen LogP contribution in [0.15, 0.2) is 48.5 Å². The van der Waals surface area contributed by atoms with Crippen molar-refractivity contribution in [3.8, 4) is 0 Å². The molecule has 0 N–H and O–H groups in total. The van der Waals surface area contributed by atoms with Crippen LogP contribution in [0.2, 0.25) is 0 Å². The molecule has 0 saturated heterocycles. The molecule has 0 nitrogen and oxygen atoms in total. The number of hydrogen-bond acceptors (Lipinski definition) is 0. The Morgan fingerprint density at radius 3 is 2.00 bits per heavy atom. The average molecular weight is 477 g/mol. The van der Waals surface area contributed by atoms with Gasteiger partial charge in [-0.1, -0.05) is 0 Å². The Morgan fingerprint density at radius 2 is 1.47 bits per heavy atom. The third-order valence-electron chi connectivity index (χ3n) is 3.18. The monoisotopic (exact) mass is 477 g/mol. The van der Waals surface area contributed by atoms with Crippen LogP contribution in [-0.2, 0) is 0 Å². The summed E-state index contributed by atoms with van der Waals surface area (Å²) in [5.74, 6) is 0.690. The van der Waals surface area contributed by atoms with Crippen molar-refractivity contribution in [1.82, 2.24) is 0 Å². The molecule has 0 spiro atoms. The minimum atomic E-state index is -0.0283. The Balaban J connectivity index is 2.04. The van der Waals surface area contributed by atoms with Gasteiger partial charge in [0.25, 0.3) is 0 Å². The molecule has 0 aliphatic carbocycles. The van der Waals surface area contributed by atoms with Crippen LogP contribution >= 0.6 is 22.6 Å². The van der Waals surface area contributed by atoms with Gasteiger partial charge in [-0.05, 0) is 0 Å². The van der Waals surface area contributed by atoms with Crippen molar-refractivity contribution in [2.45, 2.75) is 32.6 Å². The fraction of sp³-hybridized carbons (Fsp3) is 0.294. The van der Waals surface area contributed by atoms with Gasteiger partial charge in [-0.3, -0.25) is 0 Å². The van der Waals surface area contributed by atoms with E-state index in [1.807, 2.05) is 0 Å². The maximum atomic E-state index is 2.36. The second kappa shape index (κ2) is 7.62. The summed E-state index contributed by atoms with van der Waals surface area (Å²) >= 11 is 2.33. The number of hydrogen-bond donors (Lipinski definition) is 0. The van der Waals surface area contributed by atoms with Crippen LogP contribution in [0, 0.1) is 10.7 Å². The Kier molecular flexibility index (Phi) is 6.13. The summed E-state index contributed by atoms with van der Waals surface area (Å²) in [7, 11) is 0. The molecule has 2 aromatic rings. The molecule has 0 heterocycles. The maximum absolute atomic E-state index is 2.36. The van der Waals surface area contributed by atoms with Gasteiger partial charge in [-0.15, -0.1) is 0 Å². The quantitative estimate of drug-likeness (QED) is 0.581. The van der Waals surface area contributed by atoms with Crippen molar-refractivity contribution >= 4 is 22.6 Å². The molecule has 0 amide bonds. The van der Waals surface area contributed by atoms with Crippen molar-refractivity contribution in [2.24, 2.45) is 0 Å². The van der Waals surface area contributed by atoms with Gasteiger partial charge in [0.1, 0.15) is 0 Å². The van der Waals surface area contributed by atoms with Gasteiger partial charge < -0.3 is 0 Å². The third kappa shape index (κ3) is 4.74. The van der Waals surface area contributed by atoms with Crippen LogP contribution in [0.1, 0.15) is 38.2 Å². The summed E-state index contributed by atoms with van der Waals surface area (Å²) in [6.45, 7) is 4.58. The SMILES string of the molecule is CCCC(C)c1ccc([I-]c2ccc(I)cc2)cc1.